The number of benzene rings is 1. The van der Waals surface area contributed by atoms with Gasteiger partial charge >= 0.3 is 0 Å². The molecule has 2 aromatic heterocycles. The zero-order chi connectivity index (χ0) is 26.3. The van der Waals surface area contributed by atoms with Crippen molar-refractivity contribution in [3.63, 3.8) is 0 Å². The molecule has 0 radical (unpaired) electrons. The van der Waals surface area contributed by atoms with Gasteiger partial charge in [0.15, 0.2) is 5.65 Å². The van der Waals surface area contributed by atoms with Crippen LogP contribution < -0.4 is 16.4 Å². The number of carbonyl (C=O) groups excluding carboxylic acids is 1. The molecule has 1 aliphatic heterocycles. The second-order valence-electron chi connectivity index (χ2n) is 9.86. The summed E-state index contributed by atoms with van der Waals surface area (Å²) in [4.78, 5) is 25.9. The molecule has 1 amide bonds. The number of carbonyl (C=O) groups is 1. The van der Waals surface area contributed by atoms with Gasteiger partial charge in [-0.3, -0.25) is 9.36 Å². The molecule has 3 heterocycles. The summed E-state index contributed by atoms with van der Waals surface area (Å²) in [5, 5.41) is 7.44. The molecule has 1 saturated heterocycles. The van der Waals surface area contributed by atoms with Crippen LogP contribution in [0, 0.1) is 5.41 Å². The van der Waals surface area contributed by atoms with Gasteiger partial charge in [0.1, 0.15) is 11.7 Å². The zero-order valence-corrected chi connectivity index (χ0v) is 22.4. The van der Waals surface area contributed by atoms with E-state index in [0.29, 0.717) is 82.5 Å². The third kappa shape index (κ3) is 5.30. The highest BCUT2D eigenvalue weighted by atomic mass is 35.5. The standard InChI is InChI=1S/C24H27Cl3FN7O2/c1-24(21(29)36)5-2-13(3-6-24)35-20-18(10-30-22(34-20)31-17-4-7-37-11-16(17)28)32-23(35)33-19-14(26)8-12(25)9-15(19)27/h8-10,13,16-17H,2-7,11H2,1H3,(H2,29,36)(H,32,33)(H,30,31,34)/t13?,16-,17+,24?/m1/s1. The summed E-state index contributed by atoms with van der Waals surface area (Å²) in [5.41, 5.74) is 6.67. The summed E-state index contributed by atoms with van der Waals surface area (Å²) in [5.74, 6) is 0.468. The molecule has 4 N–H and O–H groups in total. The lowest BCUT2D eigenvalue weighted by Gasteiger charge is -2.35. The van der Waals surface area contributed by atoms with E-state index in [1.54, 1.807) is 18.3 Å². The lowest BCUT2D eigenvalue weighted by atomic mass is 9.73. The molecule has 37 heavy (non-hydrogen) atoms. The number of hydrogen-bond acceptors (Lipinski definition) is 7. The van der Waals surface area contributed by atoms with Crippen LogP contribution in [0.25, 0.3) is 11.2 Å². The molecule has 0 unspecified atom stereocenters. The highest BCUT2D eigenvalue weighted by molar-refractivity contribution is 6.41. The van der Waals surface area contributed by atoms with Crippen molar-refractivity contribution in [3.8, 4) is 0 Å². The lowest BCUT2D eigenvalue weighted by molar-refractivity contribution is -0.128. The minimum atomic E-state index is -1.16. The van der Waals surface area contributed by atoms with Gasteiger partial charge in [0.2, 0.25) is 17.8 Å². The Balaban J connectivity index is 1.54. The van der Waals surface area contributed by atoms with Crippen LogP contribution >= 0.6 is 34.8 Å². The van der Waals surface area contributed by atoms with Gasteiger partial charge in [0, 0.05) is 23.1 Å². The molecule has 9 nitrogen and oxygen atoms in total. The maximum Gasteiger partial charge on any atom is 0.225 e. The summed E-state index contributed by atoms with van der Waals surface area (Å²) in [6, 6.07) is 2.70. The van der Waals surface area contributed by atoms with Crippen molar-refractivity contribution in [3.05, 3.63) is 33.4 Å². The Morgan fingerprint density at radius 3 is 2.54 bits per heavy atom. The fraction of sp³-hybridized carbons (Fsp3) is 0.500. The third-order valence-corrected chi connectivity index (χ3v) is 8.11. The van der Waals surface area contributed by atoms with Crippen molar-refractivity contribution in [1.82, 2.24) is 19.5 Å². The zero-order valence-electron chi connectivity index (χ0n) is 20.1. The van der Waals surface area contributed by atoms with Gasteiger partial charge in [0.05, 0.1) is 34.6 Å². The molecule has 1 aromatic carbocycles. The van der Waals surface area contributed by atoms with Crippen LogP contribution in [0.4, 0.5) is 22.0 Å². The monoisotopic (exact) mass is 569 g/mol. The van der Waals surface area contributed by atoms with Crippen molar-refractivity contribution in [2.75, 3.05) is 23.8 Å². The SMILES string of the molecule is CC1(C(N)=O)CCC(n2c(Nc3c(Cl)cc(Cl)cc3Cl)nc3cnc(N[C@H]4CCOC[C@H]4F)nc32)CC1. The first-order valence-electron chi connectivity index (χ1n) is 12.1. The van der Waals surface area contributed by atoms with E-state index in [-0.39, 0.29) is 18.6 Å². The van der Waals surface area contributed by atoms with E-state index in [2.05, 4.69) is 15.6 Å². The first-order valence-corrected chi connectivity index (χ1v) is 13.2. The number of anilines is 3. The Hall–Kier alpha value is -2.40. The largest absolute Gasteiger partial charge is 0.378 e. The lowest BCUT2D eigenvalue weighted by Crippen LogP contribution is -2.39. The van der Waals surface area contributed by atoms with E-state index in [9.17, 15) is 9.18 Å². The fourth-order valence-corrected chi connectivity index (χ4v) is 5.86. The van der Waals surface area contributed by atoms with Gasteiger partial charge < -0.3 is 21.1 Å². The van der Waals surface area contributed by atoms with Gasteiger partial charge in [-0.2, -0.15) is 4.98 Å². The second-order valence-corrected chi connectivity index (χ2v) is 11.1. The molecular weight excluding hydrogens is 544 g/mol. The average molecular weight is 571 g/mol. The van der Waals surface area contributed by atoms with Crippen LogP contribution in [0.5, 0.6) is 0 Å². The second kappa shape index (κ2) is 10.4. The van der Waals surface area contributed by atoms with Crippen molar-refractivity contribution in [2.45, 2.75) is 57.3 Å². The van der Waals surface area contributed by atoms with E-state index < -0.39 is 17.6 Å². The molecule has 0 bridgehead atoms. The van der Waals surface area contributed by atoms with Crippen LogP contribution in [0.15, 0.2) is 18.3 Å². The number of imidazole rings is 1. The molecule has 0 spiro atoms. The number of alkyl halides is 1. The highest BCUT2D eigenvalue weighted by Crippen LogP contribution is 2.44. The Morgan fingerprint density at radius 2 is 1.89 bits per heavy atom. The molecule has 3 aromatic rings. The first kappa shape index (κ1) is 26.2. The number of rotatable bonds is 6. The number of ether oxygens (including phenoxy) is 1. The van der Waals surface area contributed by atoms with Crippen LogP contribution in [-0.4, -0.2) is 50.9 Å². The Labute approximate surface area is 228 Å². The van der Waals surface area contributed by atoms with Crippen LogP contribution in [0.1, 0.15) is 45.1 Å². The van der Waals surface area contributed by atoms with Gasteiger partial charge in [0.25, 0.3) is 0 Å². The average Bonchev–Trinajstić information content (AvgIpc) is 3.20. The normalized spacial score (nSPS) is 26.2. The summed E-state index contributed by atoms with van der Waals surface area (Å²) in [7, 11) is 0. The maximum atomic E-state index is 14.4. The van der Waals surface area contributed by atoms with Gasteiger partial charge in [-0.25, -0.2) is 14.4 Å². The number of fused-ring (bicyclic) bond motifs is 1. The van der Waals surface area contributed by atoms with Gasteiger partial charge in [-0.1, -0.05) is 41.7 Å². The van der Waals surface area contributed by atoms with Crippen molar-refractivity contribution < 1.29 is 13.9 Å². The van der Waals surface area contributed by atoms with Crippen LogP contribution in [0.2, 0.25) is 15.1 Å². The quantitative estimate of drug-likeness (QED) is 0.349. The first-order chi connectivity index (χ1) is 17.6. The predicted molar refractivity (Wildman–Crippen MR) is 143 cm³/mol. The number of nitrogens with two attached hydrogens (primary N) is 1. The molecular formula is C24H27Cl3FN7O2. The molecule has 2 atom stereocenters. The summed E-state index contributed by atoms with van der Waals surface area (Å²) < 4.78 is 21.5. The summed E-state index contributed by atoms with van der Waals surface area (Å²) in [6.45, 7) is 2.40. The van der Waals surface area contributed by atoms with Crippen LogP contribution in [-0.2, 0) is 9.53 Å². The van der Waals surface area contributed by atoms with E-state index in [1.807, 2.05) is 11.5 Å². The minimum Gasteiger partial charge on any atom is -0.378 e. The number of nitrogens with zero attached hydrogens (tertiary/aromatic N) is 4. The molecule has 13 heteroatoms. The molecule has 1 aliphatic carbocycles. The van der Waals surface area contributed by atoms with E-state index in [0.717, 1.165) is 0 Å². The molecule has 198 valence electrons. The molecule has 1 saturated carbocycles. The van der Waals surface area contributed by atoms with Gasteiger partial charge in [-0.05, 0) is 44.2 Å². The number of nitrogens with one attached hydrogen (secondary N) is 2. The Kier molecular flexibility index (Phi) is 7.37. The molecule has 2 fully saturated rings. The van der Waals surface area contributed by atoms with Crippen molar-refractivity contribution in [2.24, 2.45) is 11.1 Å². The van der Waals surface area contributed by atoms with E-state index in [4.69, 9.17) is 55.2 Å². The number of amides is 1. The minimum absolute atomic E-state index is 0.0369. The number of halogens is 4. The smallest absolute Gasteiger partial charge is 0.225 e. The number of hydrogen-bond donors (Lipinski definition) is 3. The number of aromatic nitrogens is 4. The predicted octanol–water partition coefficient (Wildman–Crippen LogP) is 5.68. The summed E-state index contributed by atoms with van der Waals surface area (Å²) >= 11 is 19.0. The Bertz CT molecular complexity index is 1310. The Morgan fingerprint density at radius 1 is 1.19 bits per heavy atom. The highest BCUT2D eigenvalue weighted by Gasteiger charge is 2.38. The third-order valence-electron chi connectivity index (χ3n) is 7.30. The topological polar surface area (TPSA) is 120 Å². The van der Waals surface area contributed by atoms with Gasteiger partial charge in [-0.15, -0.1) is 0 Å². The fourth-order valence-electron chi connectivity index (χ4n) is 4.94. The number of primary amides is 1. The molecule has 5 rings (SSSR count). The van der Waals surface area contributed by atoms with E-state index in [1.165, 1.54) is 0 Å². The van der Waals surface area contributed by atoms with E-state index >= 15 is 0 Å². The van der Waals surface area contributed by atoms with Crippen molar-refractivity contribution >= 4 is 69.5 Å². The van der Waals surface area contributed by atoms with Crippen molar-refractivity contribution in [1.29, 1.82) is 0 Å². The summed E-state index contributed by atoms with van der Waals surface area (Å²) in [6.07, 6.45) is 3.56. The maximum absolute atomic E-state index is 14.4. The van der Waals surface area contributed by atoms with Crippen LogP contribution in [0.3, 0.4) is 0 Å². The molecule has 2 aliphatic rings.